The van der Waals surface area contributed by atoms with Crippen molar-refractivity contribution in [3.05, 3.63) is 35.4 Å². The minimum Gasteiger partial charge on any atom is -0.314 e. The van der Waals surface area contributed by atoms with E-state index in [4.69, 9.17) is 0 Å². The molecule has 0 aliphatic heterocycles. The van der Waals surface area contributed by atoms with Gasteiger partial charge in [0.25, 0.3) is 0 Å². The second kappa shape index (κ2) is 11.8. The second-order valence-electron chi connectivity index (χ2n) is 6.38. The van der Waals surface area contributed by atoms with E-state index in [1.807, 2.05) is 0 Å². The predicted octanol–water partition coefficient (Wildman–Crippen LogP) is 5.66. The zero-order valence-corrected chi connectivity index (χ0v) is 14.5. The van der Waals surface area contributed by atoms with Gasteiger partial charge < -0.3 is 5.32 Å². The van der Waals surface area contributed by atoms with Crippen LogP contribution in [0.4, 0.5) is 0 Å². The predicted molar refractivity (Wildman–Crippen MR) is 95.0 cm³/mol. The van der Waals surface area contributed by atoms with Gasteiger partial charge in [0.2, 0.25) is 0 Å². The van der Waals surface area contributed by atoms with Crippen LogP contribution in [0.15, 0.2) is 24.3 Å². The molecular formula is C20H35N. The summed E-state index contributed by atoms with van der Waals surface area (Å²) in [5.74, 6) is 0. The van der Waals surface area contributed by atoms with Crippen molar-refractivity contribution in [2.45, 2.75) is 84.6 Å². The topological polar surface area (TPSA) is 12.0 Å². The number of hydrogen-bond donors (Lipinski definition) is 1. The fraction of sp³-hybridized carbons (Fsp3) is 0.700. The summed E-state index contributed by atoms with van der Waals surface area (Å²) in [5, 5.41) is 3.81. The molecule has 1 heteroatoms. The molecule has 1 N–H and O–H groups in total. The van der Waals surface area contributed by atoms with Crippen LogP contribution in [0, 0.1) is 6.92 Å². The zero-order chi connectivity index (χ0) is 15.3. The Morgan fingerprint density at radius 2 is 1.62 bits per heavy atom. The fourth-order valence-corrected chi connectivity index (χ4v) is 2.92. The second-order valence-corrected chi connectivity index (χ2v) is 6.38. The third-order valence-electron chi connectivity index (χ3n) is 4.24. The molecule has 0 atom stereocenters. The Hall–Kier alpha value is -0.820. The summed E-state index contributed by atoms with van der Waals surface area (Å²) < 4.78 is 0. The van der Waals surface area contributed by atoms with Gasteiger partial charge in [-0.25, -0.2) is 0 Å². The monoisotopic (exact) mass is 289 g/mol. The Balaban J connectivity index is 2.29. The summed E-state index contributed by atoms with van der Waals surface area (Å²) >= 11 is 0. The van der Waals surface area contributed by atoms with Gasteiger partial charge in [-0.05, 0) is 38.3 Å². The minimum atomic E-state index is 0.730. The van der Waals surface area contributed by atoms with Crippen LogP contribution in [0.1, 0.15) is 76.3 Å². The molecule has 0 spiro atoms. The maximum atomic E-state index is 3.81. The highest BCUT2D eigenvalue weighted by Gasteiger charge is 2.07. The third-order valence-corrected chi connectivity index (χ3v) is 4.24. The number of aryl methyl sites for hydroxylation is 1. The molecule has 0 fully saturated rings. The van der Waals surface area contributed by atoms with Gasteiger partial charge >= 0.3 is 0 Å². The van der Waals surface area contributed by atoms with Gasteiger partial charge in [-0.2, -0.15) is 0 Å². The molecule has 0 saturated carbocycles. The number of nitrogens with one attached hydrogen (secondary N) is 1. The Bertz CT molecular complexity index is 349. The lowest BCUT2D eigenvalue weighted by molar-refractivity contribution is 0.421. The lowest BCUT2D eigenvalue weighted by Crippen LogP contribution is -2.31. The Labute approximate surface area is 132 Å². The van der Waals surface area contributed by atoms with Crippen LogP contribution in [0.25, 0.3) is 0 Å². The van der Waals surface area contributed by atoms with Gasteiger partial charge in [0.05, 0.1) is 0 Å². The van der Waals surface area contributed by atoms with Gasteiger partial charge in [0, 0.05) is 6.04 Å². The number of benzene rings is 1. The number of hydrogen-bond acceptors (Lipinski definition) is 1. The van der Waals surface area contributed by atoms with Crippen LogP contribution in [0.2, 0.25) is 0 Å². The molecule has 0 aliphatic carbocycles. The van der Waals surface area contributed by atoms with E-state index in [9.17, 15) is 0 Å². The van der Waals surface area contributed by atoms with Crippen LogP contribution >= 0.6 is 0 Å². The molecule has 0 bridgehead atoms. The van der Waals surface area contributed by atoms with Crippen LogP contribution in [-0.2, 0) is 6.42 Å². The minimum absolute atomic E-state index is 0.730. The summed E-state index contributed by atoms with van der Waals surface area (Å²) in [4.78, 5) is 0. The van der Waals surface area contributed by atoms with Gasteiger partial charge in [0.1, 0.15) is 0 Å². The summed E-state index contributed by atoms with van der Waals surface area (Å²) in [6.45, 7) is 7.87. The first-order valence-electron chi connectivity index (χ1n) is 9.05. The molecule has 1 nitrogen and oxygen atoms in total. The van der Waals surface area contributed by atoms with Crippen LogP contribution in [0.5, 0.6) is 0 Å². The number of rotatable bonds is 12. The van der Waals surface area contributed by atoms with Crippen LogP contribution < -0.4 is 5.32 Å². The molecule has 1 aromatic carbocycles. The Morgan fingerprint density at radius 3 is 2.19 bits per heavy atom. The van der Waals surface area contributed by atoms with Crippen molar-refractivity contribution in [1.29, 1.82) is 0 Å². The van der Waals surface area contributed by atoms with Crippen molar-refractivity contribution >= 4 is 0 Å². The van der Waals surface area contributed by atoms with Gasteiger partial charge in [-0.3, -0.25) is 0 Å². The molecule has 120 valence electrons. The van der Waals surface area contributed by atoms with E-state index in [-0.39, 0.29) is 0 Å². The SMILES string of the molecule is CCCCCC(CCCCC)NCCc1cccc(C)c1. The van der Waals surface area contributed by atoms with E-state index in [0.29, 0.717) is 0 Å². The fourth-order valence-electron chi connectivity index (χ4n) is 2.92. The van der Waals surface area contributed by atoms with Gasteiger partial charge in [-0.1, -0.05) is 82.2 Å². The first-order valence-corrected chi connectivity index (χ1v) is 9.05. The highest BCUT2D eigenvalue weighted by Crippen LogP contribution is 2.11. The van der Waals surface area contributed by atoms with Crippen molar-refractivity contribution in [2.75, 3.05) is 6.54 Å². The summed E-state index contributed by atoms with van der Waals surface area (Å²) in [6.07, 6.45) is 12.0. The molecule has 0 saturated heterocycles. The maximum Gasteiger partial charge on any atom is 0.00671 e. The molecule has 21 heavy (non-hydrogen) atoms. The molecule has 0 heterocycles. The Morgan fingerprint density at radius 1 is 0.952 bits per heavy atom. The van der Waals surface area contributed by atoms with Crippen molar-refractivity contribution in [1.82, 2.24) is 5.32 Å². The van der Waals surface area contributed by atoms with Crippen molar-refractivity contribution in [3.8, 4) is 0 Å². The lowest BCUT2D eigenvalue weighted by Gasteiger charge is -2.19. The van der Waals surface area contributed by atoms with Gasteiger partial charge in [-0.15, -0.1) is 0 Å². The van der Waals surface area contributed by atoms with Crippen molar-refractivity contribution in [3.63, 3.8) is 0 Å². The smallest absolute Gasteiger partial charge is 0.00671 e. The molecule has 0 amide bonds. The molecule has 0 aromatic heterocycles. The Kier molecular flexibility index (Phi) is 10.2. The first kappa shape index (κ1) is 18.2. The summed E-state index contributed by atoms with van der Waals surface area (Å²) in [7, 11) is 0. The molecule has 0 unspecified atom stereocenters. The molecule has 0 aliphatic rings. The molecular weight excluding hydrogens is 254 g/mol. The molecule has 1 aromatic rings. The number of unbranched alkanes of at least 4 members (excludes halogenated alkanes) is 4. The first-order chi connectivity index (χ1) is 10.3. The lowest BCUT2D eigenvalue weighted by atomic mass is 10.0. The standard InChI is InChI=1S/C20H35N/c1-4-6-8-13-20(14-9-7-5-2)21-16-15-19-12-10-11-18(3)17-19/h10-12,17,20-21H,4-9,13-16H2,1-3H3. The van der Waals surface area contributed by atoms with E-state index < -0.39 is 0 Å². The van der Waals surface area contributed by atoms with E-state index in [0.717, 1.165) is 19.0 Å². The quantitative estimate of drug-likeness (QED) is 0.490. The zero-order valence-electron chi connectivity index (χ0n) is 14.5. The highest BCUT2D eigenvalue weighted by molar-refractivity contribution is 5.22. The van der Waals surface area contributed by atoms with Gasteiger partial charge in [0.15, 0.2) is 0 Å². The molecule has 0 radical (unpaired) electrons. The van der Waals surface area contributed by atoms with E-state index in [1.54, 1.807) is 0 Å². The maximum absolute atomic E-state index is 3.81. The highest BCUT2D eigenvalue weighted by atomic mass is 14.9. The normalized spacial score (nSPS) is 11.2. The largest absolute Gasteiger partial charge is 0.314 e. The van der Waals surface area contributed by atoms with E-state index in [1.165, 1.54) is 62.5 Å². The van der Waals surface area contributed by atoms with Crippen molar-refractivity contribution in [2.24, 2.45) is 0 Å². The summed E-state index contributed by atoms with van der Waals surface area (Å²) in [5.41, 5.74) is 2.83. The van der Waals surface area contributed by atoms with E-state index in [2.05, 4.69) is 50.4 Å². The third kappa shape index (κ3) is 8.93. The average Bonchev–Trinajstić information content (AvgIpc) is 2.47. The van der Waals surface area contributed by atoms with E-state index >= 15 is 0 Å². The summed E-state index contributed by atoms with van der Waals surface area (Å²) in [6, 6.07) is 9.63. The van der Waals surface area contributed by atoms with Crippen LogP contribution in [-0.4, -0.2) is 12.6 Å². The molecule has 1 rings (SSSR count). The average molecular weight is 290 g/mol. The van der Waals surface area contributed by atoms with Crippen molar-refractivity contribution < 1.29 is 0 Å². The van der Waals surface area contributed by atoms with Crippen LogP contribution in [0.3, 0.4) is 0 Å².